The summed E-state index contributed by atoms with van der Waals surface area (Å²) in [4.78, 5) is 4.57. The second kappa shape index (κ2) is 10.5. The molecule has 0 aliphatic carbocycles. The van der Waals surface area contributed by atoms with Crippen molar-refractivity contribution in [1.82, 2.24) is 0 Å². The molecule has 0 radical (unpaired) electrons. The molecule has 0 bridgehead atoms. The van der Waals surface area contributed by atoms with Crippen LogP contribution in [-0.4, -0.2) is 6.71 Å². The van der Waals surface area contributed by atoms with Crippen LogP contribution in [0.2, 0.25) is 0 Å². The van der Waals surface area contributed by atoms with Gasteiger partial charge in [-0.3, -0.25) is 0 Å². The Bertz CT molecular complexity index is 2480. The van der Waals surface area contributed by atoms with E-state index in [0.29, 0.717) is 5.46 Å². The molecular weight excluding hydrogens is 612 g/mol. The fraction of sp³-hybridized carbons (Fsp3) is 0.116. The van der Waals surface area contributed by atoms with Gasteiger partial charge in [0.15, 0.2) is 0 Å². The van der Waals surface area contributed by atoms with E-state index in [1.54, 1.807) is 6.07 Å². The molecule has 2 aliphatic rings. The van der Waals surface area contributed by atoms with E-state index < -0.39 is 18.5 Å². The van der Waals surface area contributed by atoms with Crippen LogP contribution >= 0.6 is 0 Å². The maximum Gasteiger partial charge on any atom is 0.416 e. The molecule has 0 N–H and O–H groups in total. The monoisotopic (exact) mass is 644 g/mol. The van der Waals surface area contributed by atoms with Crippen LogP contribution in [0, 0.1) is 27.7 Å². The largest absolute Gasteiger partial charge is 0.416 e. The maximum absolute atomic E-state index is 14.6. The quantitative estimate of drug-likeness (QED) is 0.173. The Morgan fingerprint density at radius 1 is 0.510 bits per heavy atom. The van der Waals surface area contributed by atoms with Crippen LogP contribution in [0.3, 0.4) is 0 Å². The Hall–Kier alpha value is -5.49. The summed E-state index contributed by atoms with van der Waals surface area (Å²) in [5.74, 6) is 0. The van der Waals surface area contributed by atoms with E-state index in [1.807, 2.05) is 24.3 Å². The summed E-state index contributed by atoms with van der Waals surface area (Å²) >= 11 is 0. The fourth-order valence-corrected chi connectivity index (χ4v) is 8.36. The Morgan fingerprint density at radius 2 is 1.10 bits per heavy atom. The molecule has 0 atom stereocenters. The van der Waals surface area contributed by atoms with Crippen LogP contribution in [-0.2, 0) is 6.18 Å². The zero-order valence-electron chi connectivity index (χ0n) is 27.7. The smallest absolute Gasteiger partial charge is 0.307 e. The summed E-state index contributed by atoms with van der Waals surface area (Å²) in [5.41, 5.74) is 12.2. The van der Waals surface area contributed by atoms with E-state index in [4.69, 9.17) is 0 Å². The van der Waals surface area contributed by atoms with E-state index in [0.717, 1.165) is 83.3 Å². The maximum atomic E-state index is 14.6. The number of hydrogen-bond donors (Lipinski definition) is 0. The van der Waals surface area contributed by atoms with Crippen molar-refractivity contribution in [2.75, 3.05) is 9.80 Å². The van der Waals surface area contributed by atoms with Gasteiger partial charge in [-0.05, 0) is 103 Å². The minimum atomic E-state index is -4.49. The Morgan fingerprint density at radius 3 is 1.76 bits per heavy atom. The van der Waals surface area contributed by atoms with Crippen molar-refractivity contribution in [3.05, 3.63) is 149 Å². The minimum Gasteiger partial charge on any atom is -0.307 e. The zero-order chi connectivity index (χ0) is 33.8. The molecule has 0 spiro atoms. The predicted molar refractivity (Wildman–Crippen MR) is 199 cm³/mol. The van der Waals surface area contributed by atoms with E-state index in [-0.39, 0.29) is 0 Å². The molecule has 238 valence electrons. The van der Waals surface area contributed by atoms with Gasteiger partial charge in [0.1, 0.15) is 0 Å². The first-order chi connectivity index (χ1) is 23.6. The van der Waals surface area contributed by atoms with Crippen LogP contribution in [0.4, 0.5) is 47.3 Å². The van der Waals surface area contributed by atoms with Gasteiger partial charge in [0, 0.05) is 11.4 Å². The SMILES string of the molecule is Cc1ccc(N2c3cc4ccccc4cc3N3c4ccc(C(F)(F)F)cc4B(c4c(C)cc(C)cc4C)c4c3c2cc2ccccc42)cc1. The average Bonchev–Trinajstić information content (AvgIpc) is 3.07. The first-order valence-electron chi connectivity index (χ1n) is 16.6. The predicted octanol–water partition coefficient (Wildman–Crippen LogP) is 10.3. The van der Waals surface area contributed by atoms with Crippen molar-refractivity contribution < 1.29 is 13.2 Å². The fourth-order valence-electron chi connectivity index (χ4n) is 8.36. The second-order valence-corrected chi connectivity index (χ2v) is 13.6. The lowest BCUT2D eigenvalue weighted by Crippen LogP contribution is -2.59. The van der Waals surface area contributed by atoms with Crippen LogP contribution in [0.5, 0.6) is 0 Å². The van der Waals surface area contributed by atoms with Gasteiger partial charge in [-0.1, -0.05) is 107 Å². The highest BCUT2D eigenvalue weighted by atomic mass is 19.4. The molecule has 7 aromatic carbocycles. The normalized spacial score (nSPS) is 13.5. The van der Waals surface area contributed by atoms with Crippen LogP contribution in [0.15, 0.2) is 121 Å². The van der Waals surface area contributed by atoms with Gasteiger partial charge in [-0.2, -0.15) is 13.2 Å². The Balaban J connectivity index is 1.49. The molecule has 49 heavy (non-hydrogen) atoms. The third-order valence-corrected chi connectivity index (χ3v) is 10.3. The van der Waals surface area contributed by atoms with Gasteiger partial charge in [0.2, 0.25) is 6.71 Å². The van der Waals surface area contributed by atoms with Crippen LogP contribution in [0.1, 0.15) is 27.8 Å². The van der Waals surface area contributed by atoms with Crippen LogP contribution < -0.4 is 26.2 Å². The van der Waals surface area contributed by atoms with Gasteiger partial charge in [-0.25, -0.2) is 0 Å². The molecule has 0 amide bonds. The molecule has 0 saturated carbocycles. The number of nitrogens with zero attached hydrogens (tertiary/aromatic N) is 2. The van der Waals surface area contributed by atoms with Crippen molar-refractivity contribution >= 4 is 78.8 Å². The summed E-state index contributed by atoms with van der Waals surface area (Å²) in [7, 11) is 0. The molecule has 2 heterocycles. The number of rotatable bonds is 2. The topological polar surface area (TPSA) is 6.48 Å². The van der Waals surface area contributed by atoms with E-state index in [2.05, 4.69) is 116 Å². The number of alkyl halides is 3. The first-order valence-corrected chi connectivity index (χ1v) is 16.6. The molecular formula is C43H32BF3N2. The highest BCUT2D eigenvalue weighted by molar-refractivity contribution is 7.00. The Kier molecular flexibility index (Phi) is 6.35. The second-order valence-electron chi connectivity index (χ2n) is 13.6. The van der Waals surface area contributed by atoms with E-state index in [9.17, 15) is 13.2 Å². The highest BCUT2D eigenvalue weighted by Crippen LogP contribution is 2.56. The summed E-state index contributed by atoms with van der Waals surface area (Å²) in [6.45, 7) is 7.90. The average molecular weight is 645 g/mol. The molecule has 2 nitrogen and oxygen atoms in total. The number of anilines is 6. The summed E-state index contributed by atoms with van der Waals surface area (Å²) in [5, 5.41) is 4.24. The third kappa shape index (κ3) is 4.43. The highest BCUT2D eigenvalue weighted by Gasteiger charge is 2.45. The minimum absolute atomic E-state index is 0.434. The summed E-state index contributed by atoms with van der Waals surface area (Å²) < 4.78 is 43.7. The molecule has 0 fully saturated rings. The summed E-state index contributed by atoms with van der Waals surface area (Å²) in [6, 6.07) is 40.5. The van der Waals surface area contributed by atoms with Gasteiger partial charge < -0.3 is 9.80 Å². The van der Waals surface area contributed by atoms with Crippen molar-refractivity contribution in [3.63, 3.8) is 0 Å². The number of hydrogen-bond acceptors (Lipinski definition) is 2. The van der Waals surface area contributed by atoms with Crippen molar-refractivity contribution in [2.24, 2.45) is 0 Å². The van der Waals surface area contributed by atoms with Crippen molar-refractivity contribution in [3.8, 4) is 0 Å². The zero-order valence-corrected chi connectivity index (χ0v) is 27.7. The Labute approximate surface area is 284 Å². The molecule has 7 aromatic rings. The van der Waals surface area contributed by atoms with Gasteiger partial charge in [0.05, 0.1) is 28.3 Å². The lowest BCUT2D eigenvalue weighted by Gasteiger charge is -2.46. The lowest BCUT2D eigenvalue weighted by molar-refractivity contribution is -0.137. The summed E-state index contributed by atoms with van der Waals surface area (Å²) in [6.07, 6.45) is -4.49. The third-order valence-electron chi connectivity index (χ3n) is 10.3. The molecule has 9 rings (SSSR count). The lowest BCUT2D eigenvalue weighted by atomic mass is 9.33. The van der Waals surface area contributed by atoms with Crippen LogP contribution in [0.25, 0.3) is 21.5 Å². The first kappa shape index (κ1) is 29.6. The number of aryl methyl sites for hydroxylation is 4. The molecule has 0 saturated heterocycles. The van der Waals surface area contributed by atoms with Gasteiger partial charge >= 0.3 is 6.18 Å². The number of halogens is 3. The number of fused-ring (bicyclic) bond motifs is 7. The van der Waals surface area contributed by atoms with E-state index >= 15 is 0 Å². The molecule has 0 aromatic heterocycles. The number of benzene rings is 7. The molecule has 6 heteroatoms. The molecule has 0 unspecified atom stereocenters. The molecule has 2 aliphatic heterocycles. The van der Waals surface area contributed by atoms with Crippen molar-refractivity contribution in [1.29, 1.82) is 0 Å². The van der Waals surface area contributed by atoms with E-state index in [1.165, 1.54) is 17.7 Å². The van der Waals surface area contributed by atoms with Crippen molar-refractivity contribution in [2.45, 2.75) is 33.9 Å². The van der Waals surface area contributed by atoms with Gasteiger partial charge in [-0.15, -0.1) is 0 Å². The standard InChI is InChI=1S/C43H32BF3N2/c1-25-13-16-33(17-14-25)48-37-21-29-9-5-6-10-30(29)22-38(37)49-36-18-15-32(43(45,46)47)24-35(36)44(40-27(3)19-26(2)20-28(40)4)41-34-12-8-7-11-31(34)23-39(48)42(41)49/h5-24H,1-4H3. The van der Waals surface area contributed by atoms with Gasteiger partial charge in [0.25, 0.3) is 0 Å².